The number of nitrogens with one attached hydrogen (secondary N) is 1. The first-order valence-corrected chi connectivity index (χ1v) is 14.2. The minimum atomic E-state index is -4.10. The molecule has 38 heavy (non-hydrogen) atoms. The van der Waals surface area contributed by atoms with Gasteiger partial charge in [-0.05, 0) is 87.7 Å². The van der Waals surface area contributed by atoms with Crippen molar-refractivity contribution in [1.82, 2.24) is 10.2 Å². The molecule has 0 unspecified atom stereocenters. The molecule has 0 aliphatic rings. The lowest BCUT2D eigenvalue weighted by atomic mass is 10.1. The van der Waals surface area contributed by atoms with Gasteiger partial charge >= 0.3 is 0 Å². The van der Waals surface area contributed by atoms with Gasteiger partial charge < -0.3 is 10.2 Å². The summed E-state index contributed by atoms with van der Waals surface area (Å²) in [6.07, 6.45) is 0. The molecule has 0 aliphatic heterocycles. The monoisotopic (exact) mass is 555 g/mol. The first-order chi connectivity index (χ1) is 17.9. The number of hydrogen-bond donors (Lipinski definition) is 1. The van der Waals surface area contributed by atoms with Gasteiger partial charge in [-0.15, -0.1) is 0 Å². The van der Waals surface area contributed by atoms with E-state index in [2.05, 4.69) is 5.32 Å². The fourth-order valence-corrected chi connectivity index (χ4v) is 5.81. The Labute approximate surface area is 230 Å². The number of carbonyl (C=O) groups excluding carboxylic acids is 2. The zero-order valence-electron chi connectivity index (χ0n) is 22.4. The van der Waals surface area contributed by atoms with Gasteiger partial charge in [0.15, 0.2) is 0 Å². The molecule has 202 valence electrons. The molecular weight excluding hydrogens is 522 g/mol. The molecule has 0 bridgehead atoms. The van der Waals surface area contributed by atoms with Crippen LogP contribution in [0.4, 0.5) is 5.69 Å². The standard InChI is InChI=1S/C29H34ClN3O4S/c1-6-31-29(35)23(5)32(18-24-8-7-9-25(30)17-24)28(34)19-33(26-15-21(3)14-22(4)16-26)38(36,37)27-12-10-20(2)11-13-27/h7-17,23H,6,18-19H2,1-5H3,(H,31,35)/t23-/m1/s1. The van der Waals surface area contributed by atoms with Gasteiger partial charge in [-0.1, -0.05) is 47.5 Å². The molecule has 3 rings (SSSR count). The number of carbonyl (C=O) groups is 2. The third-order valence-electron chi connectivity index (χ3n) is 6.14. The van der Waals surface area contributed by atoms with Crippen molar-refractivity contribution in [2.75, 3.05) is 17.4 Å². The van der Waals surface area contributed by atoms with Gasteiger partial charge in [-0.25, -0.2) is 8.42 Å². The van der Waals surface area contributed by atoms with Crippen molar-refractivity contribution in [3.63, 3.8) is 0 Å². The summed E-state index contributed by atoms with van der Waals surface area (Å²) in [4.78, 5) is 28.1. The third-order valence-corrected chi connectivity index (χ3v) is 8.17. The second-order valence-corrected chi connectivity index (χ2v) is 11.7. The largest absolute Gasteiger partial charge is 0.355 e. The van der Waals surface area contributed by atoms with Crippen LogP contribution in [0.5, 0.6) is 0 Å². The lowest BCUT2D eigenvalue weighted by Gasteiger charge is -2.32. The van der Waals surface area contributed by atoms with Crippen molar-refractivity contribution >= 4 is 39.1 Å². The second kappa shape index (κ2) is 12.5. The number of likely N-dealkylation sites (N-methyl/N-ethyl adjacent to an activating group) is 1. The van der Waals surface area contributed by atoms with Gasteiger partial charge in [0, 0.05) is 18.1 Å². The van der Waals surface area contributed by atoms with Gasteiger partial charge in [0.25, 0.3) is 10.0 Å². The van der Waals surface area contributed by atoms with Gasteiger partial charge in [0.05, 0.1) is 10.6 Å². The van der Waals surface area contributed by atoms with E-state index in [4.69, 9.17) is 11.6 Å². The fourth-order valence-electron chi connectivity index (χ4n) is 4.20. The molecule has 0 fully saturated rings. The molecule has 3 aromatic carbocycles. The SMILES string of the molecule is CCNC(=O)[C@@H](C)N(Cc1cccc(Cl)c1)C(=O)CN(c1cc(C)cc(C)c1)S(=O)(=O)c1ccc(C)cc1. The highest BCUT2D eigenvalue weighted by molar-refractivity contribution is 7.92. The first-order valence-electron chi connectivity index (χ1n) is 12.4. The van der Waals surface area contributed by atoms with Crippen LogP contribution in [0, 0.1) is 20.8 Å². The normalized spacial score (nSPS) is 12.1. The molecule has 0 aromatic heterocycles. The van der Waals surface area contributed by atoms with Gasteiger partial charge in [0.1, 0.15) is 12.6 Å². The highest BCUT2D eigenvalue weighted by Gasteiger charge is 2.32. The summed E-state index contributed by atoms with van der Waals surface area (Å²) in [7, 11) is -4.10. The molecule has 2 amide bonds. The number of nitrogens with zero attached hydrogens (tertiary/aromatic N) is 2. The number of benzene rings is 3. The Morgan fingerprint density at radius 3 is 2.13 bits per heavy atom. The quantitative estimate of drug-likeness (QED) is 0.381. The highest BCUT2D eigenvalue weighted by Crippen LogP contribution is 2.27. The molecule has 0 radical (unpaired) electrons. The van der Waals surface area contributed by atoms with Crippen LogP contribution in [0.3, 0.4) is 0 Å². The molecule has 3 aromatic rings. The molecule has 0 saturated heterocycles. The van der Waals surface area contributed by atoms with E-state index in [0.717, 1.165) is 26.6 Å². The maximum Gasteiger partial charge on any atom is 0.264 e. The lowest BCUT2D eigenvalue weighted by Crippen LogP contribution is -2.51. The van der Waals surface area contributed by atoms with E-state index in [1.807, 2.05) is 26.8 Å². The molecule has 0 aliphatic carbocycles. The number of amides is 2. The summed E-state index contributed by atoms with van der Waals surface area (Å²) < 4.78 is 28.9. The minimum absolute atomic E-state index is 0.0771. The van der Waals surface area contributed by atoms with Crippen LogP contribution in [0.25, 0.3) is 0 Å². The van der Waals surface area contributed by atoms with Crippen LogP contribution in [-0.4, -0.2) is 44.3 Å². The maximum atomic E-state index is 13.9. The fraction of sp³-hybridized carbons (Fsp3) is 0.310. The Balaban J connectivity index is 2.07. The Morgan fingerprint density at radius 1 is 0.921 bits per heavy atom. The molecule has 0 heterocycles. The highest BCUT2D eigenvalue weighted by atomic mass is 35.5. The van der Waals surface area contributed by atoms with Crippen LogP contribution < -0.4 is 9.62 Å². The minimum Gasteiger partial charge on any atom is -0.355 e. The Kier molecular flexibility index (Phi) is 9.57. The third kappa shape index (κ3) is 7.14. The van der Waals surface area contributed by atoms with Crippen LogP contribution in [0.2, 0.25) is 5.02 Å². The summed E-state index contributed by atoms with van der Waals surface area (Å²) in [6, 6.07) is 18.1. The maximum absolute atomic E-state index is 13.9. The Morgan fingerprint density at radius 2 is 1.55 bits per heavy atom. The Hall–Kier alpha value is -3.36. The second-order valence-electron chi connectivity index (χ2n) is 9.39. The van der Waals surface area contributed by atoms with E-state index in [-0.39, 0.29) is 17.3 Å². The van der Waals surface area contributed by atoms with Crippen LogP contribution in [0.15, 0.2) is 71.6 Å². The zero-order valence-corrected chi connectivity index (χ0v) is 23.9. The predicted octanol–water partition coefficient (Wildman–Crippen LogP) is 5.01. The molecule has 0 saturated carbocycles. The van der Waals surface area contributed by atoms with Crippen molar-refractivity contribution in [1.29, 1.82) is 0 Å². The summed E-state index contributed by atoms with van der Waals surface area (Å²) in [6.45, 7) is 9.05. The van der Waals surface area contributed by atoms with Gasteiger partial charge in [-0.2, -0.15) is 0 Å². The van der Waals surface area contributed by atoms with Crippen LogP contribution in [0.1, 0.15) is 36.1 Å². The number of anilines is 1. The molecule has 1 atom stereocenters. The summed E-state index contributed by atoms with van der Waals surface area (Å²) >= 11 is 6.16. The first kappa shape index (κ1) is 29.2. The van der Waals surface area contributed by atoms with Gasteiger partial charge in [0.2, 0.25) is 11.8 Å². The number of aryl methyl sites for hydroxylation is 3. The average molecular weight is 556 g/mol. The van der Waals surface area contributed by atoms with Crippen molar-refractivity contribution in [3.05, 3.63) is 94.0 Å². The van der Waals surface area contributed by atoms with Crippen molar-refractivity contribution in [2.45, 2.75) is 52.1 Å². The van der Waals surface area contributed by atoms with E-state index in [9.17, 15) is 18.0 Å². The number of rotatable bonds is 10. The van der Waals surface area contributed by atoms with Crippen molar-refractivity contribution < 1.29 is 18.0 Å². The molecular formula is C29H34ClN3O4S. The van der Waals surface area contributed by atoms with E-state index >= 15 is 0 Å². The van der Waals surface area contributed by atoms with Crippen LogP contribution in [-0.2, 0) is 26.2 Å². The number of halogens is 1. The van der Waals surface area contributed by atoms with Crippen LogP contribution >= 0.6 is 11.6 Å². The molecule has 1 N–H and O–H groups in total. The number of sulfonamides is 1. The lowest BCUT2D eigenvalue weighted by molar-refractivity contribution is -0.139. The van der Waals surface area contributed by atoms with E-state index < -0.39 is 28.5 Å². The summed E-state index contributed by atoms with van der Waals surface area (Å²) in [5.41, 5.74) is 3.75. The van der Waals surface area contributed by atoms with E-state index in [1.54, 1.807) is 62.4 Å². The zero-order chi connectivity index (χ0) is 28.0. The molecule has 7 nitrogen and oxygen atoms in total. The summed E-state index contributed by atoms with van der Waals surface area (Å²) in [5.74, 6) is -0.846. The Bertz CT molecular complexity index is 1390. The predicted molar refractivity (Wildman–Crippen MR) is 152 cm³/mol. The van der Waals surface area contributed by atoms with Crippen molar-refractivity contribution in [3.8, 4) is 0 Å². The number of hydrogen-bond acceptors (Lipinski definition) is 4. The summed E-state index contributed by atoms with van der Waals surface area (Å²) in [5, 5.41) is 3.25. The van der Waals surface area contributed by atoms with E-state index in [0.29, 0.717) is 17.3 Å². The van der Waals surface area contributed by atoms with Crippen molar-refractivity contribution in [2.24, 2.45) is 0 Å². The topological polar surface area (TPSA) is 86.8 Å². The smallest absolute Gasteiger partial charge is 0.264 e. The average Bonchev–Trinajstić information content (AvgIpc) is 2.85. The van der Waals surface area contributed by atoms with E-state index in [1.165, 1.54) is 17.0 Å². The van der Waals surface area contributed by atoms with Gasteiger partial charge in [-0.3, -0.25) is 13.9 Å². The molecule has 9 heteroatoms. The molecule has 0 spiro atoms.